The van der Waals surface area contributed by atoms with E-state index < -0.39 is 22.7 Å². The van der Waals surface area contributed by atoms with E-state index in [-0.39, 0.29) is 17.3 Å². The fraction of sp³-hybridized carbons (Fsp3) is 0.625. The normalized spacial score (nSPS) is 23.8. The molecule has 2 aliphatic heterocycles. The van der Waals surface area contributed by atoms with Crippen molar-refractivity contribution in [2.24, 2.45) is 0 Å². The van der Waals surface area contributed by atoms with Crippen molar-refractivity contribution in [2.75, 3.05) is 10.2 Å². The van der Waals surface area contributed by atoms with Gasteiger partial charge < -0.3 is 14.1 Å². The number of alkyl halides is 1. The van der Waals surface area contributed by atoms with Gasteiger partial charge in [0.1, 0.15) is 19.7 Å². The lowest BCUT2D eigenvalue weighted by Gasteiger charge is -2.50. The molecule has 1 unspecified atom stereocenters. The zero-order valence-corrected chi connectivity index (χ0v) is 21.1. The average molecular weight is 527 g/mol. The lowest BCUT2D eigenvalue weighted by atomic mass is 10.1. The number of nitrogens with zero attached hydrogens (tertiary/aromatic N) is 1. The summed E-state index contributed by atoms with van der Waals surface area (Å²) in [7, 11) is -3.67. The van der Waals surface area contributed by atoms with Gasteiger partial charge in [0.25, 0.3) is 8.32 Å². The predicted molar refractivity (Wildman–Crippen MR) is 119 cm³/mol. The van der Waals surface area contributed by atoms with Gasteiger partial charge in [0.15, 0.2) is 0 Å². The molecule has 1 saturated heterocycles. The highest BCUT2D eigenvalue weighted by molar-refractivity contribution is 14.1. The lowest BCUT2D eigenvalue weighted by Crippen LogP contribution is -2.72. The molecule has 10 heteroatoms. The largest absolute Gasteiger partial charge is 0.501 e. The van der Waals surface area contributed by atoms with Gasteiger partial charge in [-0.2, -0.15) is 0 Å². The SMILES string of the molecule is C[Si](C)(C)NC1C(=O)N2C(OC(=O)O[Si](C)(C)C)=C(C=CCI)CS[C@@H]12. The van der Waals surface area contributed by atoms with E-state index in [9.17, 15) is 9.59 Å². The van der Waals surface area contributed by atoms with Crippen molar-refractivity contribution >= 4 is 63.0 Å². The second kappa shape index (κ2) is 8.37. The molecule has 0 aromatic rings. The molecule has 1 fully saturated rings. The first-order valence-electron chi connectivity index (χ1n) is 8.52. The zero-order valence-electron chi connectivity index (χ0n) is 16.1. The molecular weight excluding hydrogens is 499 g/mol. The van der Waals surface area contributed by atoms with Crippen molar-refractivity contribution in [2.45, 2.75) is 50.7 Å². The summed E-state index contributed by atoms with van der Waals surface area (Å²) in [5, 5.41) is -0.0411. The first-order chi connectivity index (χ1) is 11.9. The molecule has 1 amide bonds. The van der Waals surface area contributed by atoms with Crippen LogP contribution in [0.4, 0.5) is 4.79 Å². The van der Waals surface area contributed by atoms with E-state index in [4.69, 9.17) is 9.16 Å². The molecule has 2 atom stereocenters. The molecule has 0 aromatic heterocycles. The van der Waals surface area contributed by atoms with Crippen LogP contribution in [0.25, 0.3) is 0 Å². The minimum absolute atomic E-state index is 0.0409. The smallest absolute Gasteiger partial charge is 0.489 e. The Morgan fingerprint density at radius 3 is 2.54 bits per heavy atom. The minimum atomic E-state index is -2.07. The van der Waals surface area contributed by atoms with Gasteiger partial charge in [-0.1, -0.05) is 54.4 Å². The molecule has 0 radical (unpaired) electrons. The van der Waals surface area contributed by atoms with E-state index in [1.807, 2.05) is 31.8 Å². The second-order valence-corrected chi connectivity index (χ2v) is 19.4. The highest BCUT2D eigenvalue weighted by Crippen LogP contribution is 2.41. The van der Waals surface area contributed by atoms with E-state index in [2.05, 4.69) is 47.2 Å². The Balaban J connectivity index is 2.24. The van der Waals surface area contributed by atoms with E-state index in [1.165, 1.54) is 0 Å². The number of fused-ring (bicyclic) bond motifs is 1. The van der Waals surface area contributed by atoms with Gasteiger partial charge in [0, 0.05) is 15.8 Å². The summed E-state index contributed by atoms with van der Waals surface area (Å²) in [5.74, 6) is 0.985. The van der Waals surface area contributed by atoms with Crippen molar-refractivity contribution in [3.8, 4) is 0 Å². The molecule has 0 spiro atoms. The van der Waals surface area contributed by atoms with Crippen LogP contribution in [0.3, 0.4) is 0 Å². The summed E-state index contributed by atoms with van der Waals surface area (Å²) < 4.78 is 11.8. The third kappa shape index (κ3) is 5.60. The number of halogens is 1. The van der Waals surface area contributed by atoms with Gasteiger partial charge in [0.2, 0.25) is 11.8 Å². The molecule has 6 nitrogen and oxygen atoms in total. The lowest BCUT2D eigenvalue weighted by molar-refractivity contribution is -0.145. The summed E-state index contributed by atoms with van der Waals surface area (Å²) in [6.07, 6.45) is 3.20. The van der Waals surface area contributed by atoms with Crippen LogP contribution in [-0.2, 0) is 14.0 Å². The van der Waals surface area contributed by atoms with Crippen molar-refractivity contribution in [1.82, 2.24) is 9.88 Å². The number of ether oxygens (including phenoxy) is 1. The Labute approximate surface area is 175 Å². The molecule has 0 saturated carbocycles. The Hall–Kier alpha value is -0.306. The fourth-order valence-electron chi connectivity index (χ4n) is 2.61. The maximum Gasteiger partial charge on any atom is 0.501 e. The molecule has 146 valence electrons. The fourth-order valence-corrected chi connectivity index (χ4v) is 6.04. The maximum absolute atomic E-state index is 12.8. The number of carbonyl (C=O) groups is 2. The Kier molecular flexibility index (Phi) is 7.08. The number of amides is 1. The molecular formula is C16H27IN2O4SSi2. The molecule has 2 aliphatic rings. The van der Waals surface area contributed by atoms with Crippen molar-refractivity contribution < 1.29 is 18.8 Å². The average Bonchev–Trinajstić information content (AvgIpc) is 2.48. The monoisotopic (exact) mass is 526 g/mol. The number of β-lactam (4-membered cyclic amide) rings is 1. The molecule has 2 heterocycles. The summed E-state index contributed by atoms with van der Waals surface area (Å²) in [4.78, 5) is 30.1. The number of thioether (sulfide) groups is 1. The van der Waals surface area contributed by atoms with Gasteiger partial charge in [-0.15, -0.1) is 11.8 Å². The van der Waals surface area contributed by atoms with Crippen LogP contribution in [0.1, 0.15) is 0 Å². The number of allylic oxidation sites excluding steroid dienone is 2. The standard InChI is InChI=1S/C16H27IN2O4SSi2/c1-25(2,3)18-12-13(20)19-14(22-16(21)23-26(4,5)6)11(8-7-9-17)10-24-15(12)19/h7-8,12,15,18H,9-10H2,1-6H3/t12?,15-/m0/s1. The van der Waals surface area contributed by atoms with E-state index >= 15 is 0 Å². The van der Waals surface area contributed by atoms with E-state index in [0.29, 0.717) is 11.6 Å². The quantitative estimate of drug-likeness (QED) is 0.186. The first kappa shape index (κ1) is 22.0. The molecule has 0 aliphatic carbocycles. The van der Waals surface area contributed by atoms with Crippen LogP contribution in [-0.4, -0.2) is 55.1 Å². The number of hydrogen-bond acceptors (Lipinski definition) is 6. The summed E-state index contributed by atoms with van der Waals surface area (Å²) in [5.41, 5.74) is 0.843. The van der Waals surface area contributed by atoms with Crippen molar-refractivity contribution in [1.29, 1.82) is 0 Å². The van der Waals surface area contributed by atoms with Gasteiger partial charge in [-0.05, 0) is 19.6 Å². The second-order valence-electron chi connectivity index (χ2n) is 8.24. The molecule has 0 bridgehead atoms. The van der Waals surface area contributed by atoms with E-state index in [0.717, 1.165) is 10.0 Å². The van der Waals surface area contributed by atoms with E-state index in [1.54, 1.807) is 16.7 Å². The van der Waals surface area contributed by atoms with Crippen LogP contribution in [0.2, 0.25) is 39.3 Å². The Bertz CT molecular complexity index is 643. The van der Waals surface area contributed by atoms with Crippen LogP contribution < -0.4 is 4.98 Å². The summed E-state index contributed by atoms with van der Waals surface area (Å²) >= 11 is 3.95. The van der Waals surface area contributed by atoms with Crippen molar-refractivity contribution in [3.05, 3.63) is 23.6 Å². The zero-order chi connectivity index (χ0) is 19.7. The molecule has 26 heavy (non-hydrogen) atoms. The van der Waals surface area contributed by atoms with Crippen LogP contribution in [0.15, 0.2) is 23.6 Å². The van der Waals surface area contributed by atoms with Gasteiger partial charge in [0.05, 0.1) is 0 Å². The molecule has 2 rings (SSSR count). The number of hydrogen-bond donors (Lipinski definition) is 1. The minimum Gasteiger partial charge on any atom is -0.489 e. The maximum atomic E-state index is 12.8. The Morgan fingerprint density at radius 1 is 1.35 bits per heavy atom. The van der Waals surface area contributed by atoms with Crippen molar-refractivity contribution in [3.63, 3.8) is 0 Å². The predicted octanol–water partition coefficient (Wildman–Crippen LogP) is 3.89. The van der Waals surface area contributed by atoms with Crippen LogP contribution in [0, 0.1) is 0 Å². The first-order valence-corrected chi connectivity index (χ1v) is 18.0. The summed E-state index contributed by atoms with van der Waals surface area (Å²) in [6, 6.07) is -0.214. The van der Waals surface area contributed by atoms with Gasteiger partial charge >= 0.3 is 6.16 Å². The van der Waals surface area contributed by atoms with Gasteiger partial charge in [-0.25, -0.2) is 4.79 Å². The topological polar surface area (TPSA) is 67.9 Å². The van der Waals surface area contributed by atoms with Gasteiger partial charge in [-0.3, -0.25) is 9.69 Å². The Morgan fingerprint density at radius 2 is 2.00 bits per heavy atom. The molecule has 1 N–H and O–H groups in total. The number of rotatable bonds is 6. The highest BCUT2D eigenvalue weighted by Gasteiger charge is 2.54. The number of nitrogens with one attached hydrogen (secondary N) is 1. The van der Waals surface area contributed by atoms with Crippen LogP contribution >= 0.6 is 34.4 Å². The highest BCUT2D eigenvalue weighted by atomic mass is 127. The number of carbonyl (C=O) groups excluding carboxylic acids is 2. The third-order valence-corrected chi connectivity index (χ3v) is 7.28. The molecule has 0 aromatic carbocycles. The third-order valence-electron chi connectivity index (χ3n) is 3.51. The summed E-state index contributed by atoms with van der Waals surface area (Å²) in [6.45, 7) is 12.3. The van der Waals surface area contributed by atoms with Crippen LogP contribution in [0.5, 0.6) is 0 Å².